The van der Waals surface area contributed by atoms with Crippen LogP contribution in [0.5, 0.6) is 0 Å². The van der Waals surface area contributed by atoms with Gasteiger partial charge in [0.2, 0.25) is 5.91 Å². The third kappa shape index (κ3) is 3.31. The van der Waals surface area contributed by atoms with Crippen molar-refractivity contribution in [3.8, 4) is 0 Å². The van der Waals surface area contributed by atoms with E-state index in [4.69, 9.17) is 5.73 Å². The van der Waals surface area contributed by atoms with E-state index >= 15 is 0 Å². The molecule has 1 saturated carbocycles. The van der Waals surface area contributed by atoms with Gasteiger partial charge in [-0.05, 0) is 30.5 Å². The number of hydrogen-bond acceptors (Lipinski definition) is 3. The second kappa shape index (κ2) is 5.98. The number of rotatable bonds is 4. The molecule has 1 amide bonds. The van der Waals surface area contributed by atoms with Crippen molar-refractivity contribution in [2.24, 2.45) is 5.73 Å². The fraction of sp³-hybridized carbons (Fsp3) is 0.500. The average molecular weight is 248 g/mol. The number of benzene rings is 1. The third-order valence-electron chi connectivity index (χ3n) is 3.51. The van der Waals surface area contributed by atoms with Crippen LogP contribution in [0, 0.1) is 0 Å². The second-order valence-corrected chi connectivity index (χ2v) is 4.90. The molecule has 4 heteroatoms. The van der Waals surface area contributed by atoms with Gasteiger partial charge in [-0.2, -0.15) is 0 Å². The van der Waals surface area contributed by atoms with Crippen LogP contribution < -0.4 is 11.1 Å². The van der Waals surface area contributed by atoms with Crippen LogP contribution in [0.4, 0.5) is 0 Å². The van der Waals surface area contributed by atoms with E-state index in [1.165, 1.54) is 0 Å². The number of carbonyl (C=O) groups excluding carboxylic acids is 1. The first-order valence-electron chi connectivity index (χ1n) is 6.47. The largest absolute Gasteiger partial charge is 0.392 e. The summed E-state index contributed by atoms with van der Waals surface area (Å²) in [6.45, 7) is 0.656. The van der Waals surface area contributed by atoms with Crippen molar-refractivity contribution in [3.05, 3.63) is 35.4 Å². The van der Waals surface area contributed by atoms with Gasteiger partial charge in [-0.15, -0.1) is 0 Å². The Hall–Kier alpha value is -1.39. The van der Waals surface area contributed by atoms with Crippen molar-refractivity contribution < 1.29 is 9.90 Å². The molecule has 4 N–H and O–H groups in total. The minimum Gasteiger partial charge on any atom is -0.392 e. The molecule has 1 aromatic rings. The molecule has 1 aliphatic carbocycles. The van der Waals surface area contributed by atoms with Gasteiger partial charge in [0, 0.05) is 18.2 Å². The molecule has 0 aliphatic heterocycles. The van der Waals surface area contributed by atoms with Crippen molar-refractivity contribution >= 4 is 5.91 Å². The number of aliphatic hydroxyl groups excluding tert-OH is 1. The van der Waals surface area contributed by atoms with Crippen LogP contribution in [0.1, 0.15) is 41.6 Å². The Morgan fingerprint density at radius 3 is 2.89 bits per heavy atom. The van der Waals surface area contributed by atoms with Crippen molar-refractivity contribution in [3.63, 3.8) is 0 Å². The number of aliphatic hydroxyl groups is 1. The molecule has 2 atom stereocenters. The fourth-order valence-electron chi connectivity index (χ4n) is 2.43. The zero-order chi connectivity index (χ0) is 13.0. The lowest BCUT2D eigenvalue weighted by atomic mass is 9.92. The van der Waals surface area contributed by atoms with Crippen LogP contribution in [0.15, 0.2) is 24.3 Å². The molecule has 0 aromatic heterocycles. The van der Waals surface area contributed by atoms with E-state index < -0.39 is 5.91 Å². The Labute approximate surface area is 107 Å². The molecular weight excluding hydrogens is 228 g/mol. The van der Waals surface area contributed by atoms with E-state index in [-0.39, 0.29) is 12.1 Å². The first-order valence-corrected chi connectivity index (χ1v) is 6.47. The molecule has 1 fully saturated rings. The number of primary amides is 1. The van der Waals surface area contributed by atoms with Gasteiger partial charge in [0.05, 0.1) is 6.10 Å². The summed E-state index contributed by atoms with van der Waals surface area (Å²) in [5, 5.41) is 13.2. The predicted octanol–water partition coefficient (Wildman–Crippen LogP) is 1.18. The predicted molar refractivity (Wildman–Crippen MR) is 70.1 cm³/mol. The topological polar surface area (TPSA) is 75.4 Å². The summed E-state index contributed by atoms with van der Waals surface area (Å²) in [7, 11) is 0. The first-order chi connectivity index (χ1) is 8.66. The maximum Gasteiger partial charge on any atom is 0.248 e. The molecule has 0 radical (unpaired) electrons. The van der Waals surface area contributed by atoms with E-state index in [0.29, 0.717) is 12.1 Å². The van der Waals surface area contributed by atoms with Gasteiger partial charge in [-0.1, -0.05) is 25.0 Å². The molecule has 1 aliphatic rings. The lowest BCUT2D eigenvalue weighted by molar-refractivity contribution is 0.0902. The van der Waals surface area contributed by atoms with E-state index in [1.54, 1.807) is 12.1 Å². The van der Waals surface area contributed by atoms with Gasteiger partial charge in [-0.3, -0.25) is 4.79 Å². The molecule has 98 valence electrons. The maximum atomic E-state index is 11.1. The summed E-state index contributed by atoms with van der Waals surface area (Å²) in [6.07, 6.45) is 3.90. The van der Waals surface area contributed by atoms with Crippen molar-refractivity contribution in [2.75, 3.05) is 0 Å². The number of amides is 1. The highest BCUT2D eigenvalue weighted by atomic mass is 16.3. The zero-order valence-corrected chi connectivity index (χ0v) is 10.4. The molecular formula is C14H20N2O2. The summed E-state index contributed by atoms with van der Waals surface area (Å²) in [5.41, 5.74) is 6.79. The SMILES string of the molecule is NC(=O)c1cccc(CN[C@H]2CCCC[C@@H]2O)c1. The quantitative estimate of drug-likeness (QED) is 0.749. The molecule has 0 spiro atoms. The van der Waals surface area contributed by atoms with Crippen LogP contribution in [0.3, 0.4) is 0 Å². The van der Waals surface area contributed by atoms with Crippen LogP contribution in [0.25, 0.3) is 0 Å². The molecule has 0 saturated heterocycles. The summed E-state index contributed by atoms with van der Waals surface area (Å²) in [5.74, 6) is -0.408. The van der Waals surface area contributed by atoms with Gasteiger partial charge in [0.15, 0.2) is 0 Å². The maximum absolute atomic E-state index is 11.1. The highest BCUT2D eigenvalue weighted by molar-refractivity contribution is 5.92. The molecule has 0 unspecified atom stereocenters. The lowest BCUT2D eigenvalue weighted by Gasteiger charge is -2.28. The fourth-order valence-corrected chi connectivity index (χ4v) is 2.43. The van der Waals surface area contributed by atoms with E-state index in [9.17, 15) is 9.90 Å². The van der Waals surface area contributed by atoms with Crippen LogP contribution in [-0.4, -0.2) is 23.2 Å². The van der Waals surface area contributed by atoms with Gasteiger partial charge in [0.1, 0.15) is 0 Å². The Kier molecular flexibility index (Phi) is 4.33. The standard InChI is InChI=1S/C14H20N2O2/c15-14(18)11-5-3-4-10(8-11)9-16-12-6-1-2-7-13(12)17/h3-5,8,12-13,16-17H,1-2,6-7,9H2,(H2,15,18)/t12-,13-/m0/s1. The van der Waals surface area contributed by atoms with Crippen molar-refractivity contribution in [2.45, 2.75) is 44.4 Å². The second-order valence-electron chi connectivity index (χ2n) is 4.90. The van der Waals surface area contributed by atoms with Gasteiger partial charge >= 0.3 is 0 Å². The minimum absolute atomic E-state index is 0.163. The number of carbonyl (C=O) groups is 1. The zero-order valence-electron chi connectivity index (χ0n) is 10.4. The normalized spacial score (nSPS) is 23.8. The summed E-state index contributed by atoms with van der Waals surface area (Å²) in [4.78, 5) is 11.1. The van der Waals surface area contributed by atoms with Crippen LogP contribution in [-0.2, 0) is 6.54 Å². The molecule has 0 bridgehead atoms. The Bertz CT molecular complexity index is 420. The smallest absolute Gasteiger partial charge is 0.248 e. The Balaban J connectivity index is 1.93. The van der Waals surface area contributed by atoms with Gasteiger partial charge in [0.25, 0.3) is 0 Å². The summed E-state index contributed by atoms with van der Waals surface area (Å²) < 4.78 is 0. The molecule has 2 rings (SSSR count). The minimum atomic E-state index is -0.408. The Morgan fingerprint density at radius 2 is 2.17 bits per heavy atom. The number of nitrogens with one attached hydrogen (secondary N) is 1. The summed E-state index contributed by atoms with van der Waals surface area (Å²) in [6, 6.07) is 7.45. The van der Waals surface area contributed by atoms with E-state index in [0.717, 1.165) is 31.2 Å². The van der Waals surface area contributed by atoms with Gasteiger partial charge in [-0.25, -0.2) is 0 Å². The van der Waals surface area contributed by atoms with Crippen molar-refractivity contribution in [1.29, 1.82) is 0 Å². The average Bonchev–Trinajstić information content (AvgIpc) is 2.38. The third-order valence-corrected chi connectivity index (χ3v) is 3.51. The van der Waals surface area contributed by atoms with E-state index in [1.807, 2.05) is 12.1 Å². The highest BCUT2D eigenvalue weighted by Crippen LogP contribution is 2.18. The van der Waals surface area contributed by atoms with Crippen LogP contribution in [0.2, 0.25) is 0 Å². The monoisotopic (exact) mass is 248 g/mol. The van der Waals surface area contributed by atoms with Gasteiger partial charge < -0.3 is 16.2 Å². The highest BCUT2D eigenvalue weighted by Gasteiger charge is 2.22. The summed E-state index contributed by atoms with van der Waals surface area (Å²) >= 11 is 0. The molecule has 1 aromatic carbocycles. The molecule has 0 heterocycles. The lowest BCUT2D eigenvalue weighted by Crippen LogP contribution is -2.41. The first kappa shape index (κ1) is 13.1. The van der Waals surface area contributed by atoms with Crippen molar-refractivity contribution in [1.82, 2.24) is 5.32 Å². The number of nitrogens with two attached hydrogens (primary N) is 1. The van der Waals surface area contributed by atoms with E-state index in [2.05, 4.69) is 5.32 Å². The molecule has 4 nitrogen and oxygen atoms in total. The van der Waals surface area contributed by atoms with Crippen LogP contribution >= 0.6 is 0 Å². The Morgan fingerprint density at radius 1 is 1.39 bits per heavy atom. The number of hydrogen-bond donors (Lipinski definition) is 3. The molecule has 18 heavy (non-hydrogen) atoms.